The SMILES string of the molecule is C#CCCCn1cc(C)cn1. The van der Waals surface area contributed by atoms with Gasteiger partial charge in [-0.15, -0.1) is 12.3 Å². The zero-order valence-corrected chi connectivity index (χ0v) is 6.75. The Morgan fingerprint density at radius 1 is 1.73 bits per heavy atom. The van der Waals surface area contributed by atoms with Crippen LogP contribution in [-0.4, -0.2) is 9.78 Å². The first-order valence-corrected chi connectivity index (χ1v) is 3.75. The standard InChI is InChI=1S/C9H12N2/c1-3-4-5-6-11-8-9(2)7-10-11/h1,7-8H,4-6H2,2H3. The van der Waals surface area contributed by atoms with Crippen molar-refractivity contribution in [3.63, 3.8) is 0 Å². The number of aryl methyl sites for hydroxylation is 2. The Labute approximate surface area is 67.2 Å². The molecule has 0 aliphatic carbocycles. The fraction of sp³-hybridized carbons (Fsp3) is 0.444. The molecular weight excluding hydrogens is 136 g/mol. The zero-order chi connectivity index (χ0) is 8.10. The van der Waals surface area contributed by atoms with E-state index in [0.29, 0.717) is 0 Å². The van der Waals surface area contributed by atoms with E-state index in [0.717, 1.165) is 19.4 Å². The monoisotopic (exact) mass is 148 g/mol. The third kappa shape index (κ3) is 2.46. The number of rotatable bonds is 3. The number of unbranched alkanes of at least 4 members (excludes halogenated alkanes) is 1. The molecule has 11 heavy (non-hydrogen) atoms. The van der Waals surface area contributed by atoms with Gasteiger partial charge < -0.3 is 0 Å². The van der Waals surface area contributed by atoms with Crippen LogP contribution in [0.15, 0.2) is 12.4 Å². The van der Waals surface area contributed by atoms with Gasteiger partial charge in [-0.25, -0.2) is 0 Å². The van der Waals surface area contributed by atoms with Gasteiger partial charge in [0, 0.05) is 19.2 Å². The Morgan fingerprint density at radius 3 is 3.09 bits per heavy atom. The van der Waals surface area contributed by atoms with Crippen molar-refractivity contribution in [2.75, 3.05) is 0 Å². The summed E-state index contributed by atoms with van der Waals surface area (Å²) in [6.07, 6.45) is 10.8. The maximum atomic E-state index is 5.12. The highest BCUT2D eigenvalue weighted by atomic mass is 15.3. The molecule has 1 aromatic heterocycles. The van der Waals surface area contributed by atoms with Crippen LogP contribution < -0.4 is 0 Å². The number of nitrogens with zero attached hydrogens (tertiary/aromatic N) is 2. The maximum absolute atomic E-state index is 5.12. The molecule has 2 nitrogen and oxygen atoms in total. The molecule has 0 N–H and O–H groups in total. The van der Waals surface area contributed by atoms with E-state index in [9.17, 15) is 0 Å². The molecule has 0 saturated heterocycles. The van der Waals surface area contributed by atoms with Crippen molar-refractivity contribution in [1.29, 1.82) is 0 Å². The predicted octanol–water partition coefficient (Wildman–Crippen LogP) is 1.60. The first-order chi connectivity index (χ1) is 5.33. The number of hydrogen-bond acceptors (Lipinski definition) is 1. The van der Waals surface area contributed by atoms with Gasteiger partial charge in [-0.2, -0.15) is 5.10 Å². The quantitative estimate of drug-likeness (QED) is 0.470. The van der Waals surface area contributed by atoms with E-state index in [1.807, 2.05) is 24.0 Å². The third-order valence-electron chi connectivity index (χ3n) is 1.47. The van der Waals surface area contributed by atoms with E-state index in [1.165, 1.54) is 5.56 Å². The summed E-state index contributed by atoms with van der Waals surface area (Å²) in [5, 5.41) is 4.14. The average Bonchev–Trinajstić information content (AvgIpc) is 2.37. The van der Waals surface area contributed by atoms with Crippen LogP contribution in [0.5, 0.6) is 0 Å². The van der Waals surface area contributed by atoms with Crippen molar-refractivity contribution in [2.45, 2.75) is 26.3 Å². The molecule has 0 bridgehead atoms. The molecule has 0 radical (unpaired) electrons. The number of terminal acetylenes is 1. The molecule has 0 atom stereocenters. The second kappa shape index (κ2) is 3.82. The van der Waals surface area contributed by atoms with E-state index >= 15 is 0 Å². The minimum atomic E-state index is 0.832. The molecule has 2 heteroatoms. The fourth-order valence-electron chi connectivity index (χ4n) is 0.932. The van der Waals surface area contributed by atoms with E-state index in [2.05, 4.69) is 11.0 Å². The second-order valence-electron chi connectivity index (χ2n) is 2.59. The highest BCUT2D eigenvalue weighted by molar-refractivity contribution is 4.99. The fourth-order valence-corrected chi connectivity index (χ4v) is 0.932. The molecule has 1 rings (SSSR count). The van der Waals surface area contributed by atoms with Gasteiger partial charge in [0.05, 0.1) is 6.20 Å². The molecule has 0 amide bonds. The largest absolute Gasteiger partial charge is 0.272 e. The summed E-state index contributed by atoms with van der Waals surface area (Å²) in [5.41, 5.74) is 1.20. The van der Waals surface area contributed by atoms with Gasteiger partial charge in [-0.1, -0.05) is 0 Å². The van der Waals surface area contributed by atoms with Crippen molar-refractivity contribution in [3.8, 4) is 12.3 Å². The molecule has 0 aliphatic heterocycles. The van der Waals surface area contributed by atoms with Crippen LogP contribution in [-0.2, 0) is 6.54 Å². The summed E-state index contributed by atoms with van der Waals surface area (Å²) in [6, 6.07) is 0. The van der Waals surface area contributed by atoms with Crippen molar-refractivity contribution >= 4 is 0 Å². The van der Waals surface area contributed by atoms with Gasteiger partial charge in [0.15, 0.2) is 0 Å². The van der Waals surface area contributed by atoms with Gasteiger partial charge in [0.25, 0.3) is 0 Å². The van der Waals surface area contributed by atoms with E-state index in [4.69, 9.17) is 6.42 Å². The average molecular weight is 148 g/mol. The van der Waals surface area contributed by atoms with Gasteiger partial charge >= 0.3 is 0 Å². The smallest absolute Gasteiger partial charge is 0.0518 e. The van der Waals surface area contributed by atoms with Crippen molar-refractivity contribution in [2.24, 2.45) is 0 Å². The minimum Gasteiger partial charge on any atom is -0.272 e. The van der Waals surface area contributed by atoms with Crippen LogP contribution in [0, 0.1) is 19.3 Å². The lowest BCUT2D eigenvalue weighted by Gasteiger charge is -1.96. The van der Waals surface area contributed by atoms with Gasteiger partial charge in [0.2, 0.25) is 0 Å². The predicted molar refractivity (Wildman–Crippen MR) is 45.0 cm³/mol. The second-order valence-corrected chi connectivity index (χ2v) is 2.59. The van der Waals surface area contributed by atoms with Gasteiger partial charge in [0.1, 0.15) is 0 Å². The number of hydrogen-bond donors (Lipinski definition) is 0. The summed E-state index contributed by atoms with van der Waals surface area (Å²) in [6.45, 7) is 2.96. The normalized spacial score (nSPS) is 9.45. The lowest BCUT2D eigenvalue weighted by molar-refractivity contribution is 0.587. The lowest BCUT2D eigenvalue weighted by atomic mass is 10.3. The van der Waals surface area contributed by atoms with E-state index in [-0.39, 0.29) is 0 Å². The molecule has 1 aromatic rings. The summed E-state index contributed by atoms with van der Waals surface area (Å²) in [7, 11) is 0. The van der Waals surface area contributed by atoms with Crippen LogP contribution in [0.3, 0.4) is 0 Å². The Hall–Kier alpha value is -1.23. The molecule has 0 spiro atoms. The molecule has 0 aromatic carbocycles. The van der Waals surface area contributed by atoms with E-state index < -0.39 is 0 Å². The van der Waals surface area contributed by atoms with Crippen LogP contribution in [0.4, 0.5) is 0 Å². The highest BCUT2D eigenvalue weighted by Gasteiger charge is 1.91. The molecule has 0 aliphatic rings. The van der Waals surface area contributed by atoms with E-state index in [1.54, 1.807) is 0 Å². The van der Waals surface area contributed by atoms with Crippen LogP contribution in [0.25, 0.3) is 0 Å². The first-order valence-electron chi connectivity index (χ1n) is 3.75. The Kier molecular flexibility index (Phi) is 2.74. The minimum absolute atomic E-state index is 0.832. The highest BCUT2D eigenvalue weighted by Crippen LogP contribution is 1.96. The van der Waals surface area contributed by atoms with Gasteiger partial charge in [-0.05, 0) is 18.9 Å². The molecule has 58 valence electrons. The van der Waals surface area contributed by atoms with Crippen LogP contribution in [0.2, 0.25) is 0 Å². The molecule has 0 saturated carbocycles. The number of aromatic nitrogens is 2. The molecule has 0 fully saturated rings. The first kappa shape index (κ1) is 7.87. The molecular formula is C9H12N2. The van der Waals surface area contributed by atoms with Crippen LogP contribution >= 0.6 is 0 Å². The summed E-state index contributed by atoms with van der Waals surface area (Å²) in [5.74, 6) is 2.60. The molecule has 0 unspecified atom stereocenters. The van der Waals surface area contributed by atoms with Crippen LogP contribution in [0.1, 0.15) is 18.4 Å². The summed E-state index contributed by atoms with van der Waals surface area (Å²) < 4.78 is 1.92. The maximum Gasteiger partial charge on any atom is 0.0518 e. The van der Waals surface area contributed by atoms with Gasteiger partial charge in [-0.3, -0.25) is 4.68 Å². The topological polar surface area (TPSA) is 17.8 Å². The summed E-state index contributed by atoms with van der Waals surface area (Å²) in [4.78, 5) is 0. The Bertz CT molecular complexity index is 255. The summed E-state index contributed by atoms with van der Waals surface area (Å²) >= 11 is 0. The van der Waals surface area contributed by atoms with Crippen molar-refractivity contribution in [3.05, 3.63) is 18.0 Å². The lowest BCUT2D eigenvalue weighted by Crippen LogP contribution is -1.97. The third-order valence-corrected chi connectivity index (χ3v) is 1.47. The Morgan fingerprint density at radius 2 is 2.55 bits per heavy atom. The molecule has 1 heterocycles. The zero-order valence-electron chi connectivity index (χ0n) is 6.75. The Balaban J connectivity index is 2.34. The van der Waals surface area contributed by atoms with Crippen molar-refractivity contribution in [1.82, 2.24) is 9.78 Å². The van der Waals surface area contributed by atoms with Crippen molar-refractivity contribution < 1.29 is 0 Å².